The van der Waals surface area contributed by atoms with Gasteiger partial charge in [-0.1, -0.05) is 36.4 Å². The Morgan fingerprint density at radius 3 is 2.64 bits per heavy atom. The first kappa shape index (κ1) is 15.5. The van der Waals surface area contributed by atoms with Crippen molar-refractivity contribution in [1.29, 1.82) is 0 Å². The molecule has 0 atom stereocenters. The number of hydrogen-bond acceptors (Lipinski definition) is 4. The van der Waals surface area contributed by atoms with E-state index in [0.29, 0.717) is 16.8 Å². The minimum Gasteiger partial charge on any atom is -0.408 e. The Morgan fingerprint density at radius 2 is 1.80 bits per heavy atom. The van der Waals surface area contributed by atoms with E-state index in [2.05, 4.69) is 9.71 Å². The third-order valence-corrected chi connectivity index (χ3v) is 5.55. The molecule has 1 heterocycles. The molecule has 0 saturated carbocycles. The molecule has 0 spiro atoms. The third kappa shape index (κ3) is 2.68. The Morgan fingerprint density at radius 1 is 1.04 bits per heavy atom. The molecule has 0 aliphatic rings. The number of aryl methyl sites for hydroxylation is 1. The summed E-state index contributed by atoms with van der Waals surface area (Å²) in [4.78, 5) is 13.9. The van der Waals surface area contributed by atoms with Crippen LogP contribution in [0.4, 0.5) is 5.69 Å². The molecule has 6 nitrogen and oxygen atoms in total. The van der Waals surface area contributed by atoms with Gasteiger partial charge in [-0.15, -0.1) is 0 Å². The van der Waals surface area contributed by atoms with Gasteiger partial charge in [-0.2, -0.15) is 0 Å². The number of oxazole rings is 1. The molecule has 2 N–H and O–H groups in total. The lowest BCUT2D eigenvalue weighted by molar-refractivity contribution is 0.554. The quantitative estimate of drug-likeness (QED) is 0.590. The fourth-order valence-corrected chi connectivity index (χ4v) is 4.21. The second-order valence-corrected chi connectivity index (χ2v) is 7.41. The Bertz CT molecular complexity index is 1260. The number of anilines is 1. The molecule has 0 radical (unpaired) electrons. The monoisotopic (exact) mass is 354 g/mol. The lowest BCUT2D eigenvalue weighted by Crippen LogP contribution is -2.14. The summed E-state index contributed by atoms with van der Waals surface area (Å²) < 4.78 is 33.4. The van der Waals surface area contributed by atoms with Crippen LogP contribution in [0.3, 0.4) is 0 Å². The average Bonchev–Trinajstić information content (AvgIpc) is 2.93. The minimum absolute atomic E-state index is 0.0654. The number of aromatic nitrogens is 1. The summed E-state index contributed by atoms with van der Waals surface area (Å²) >= 11 is 0. The highest BCUT2D eigenvalue weighted by Crippen LogP contribution is 2.28. The van der Waals surface area contributed by atoms with Gasteiger partial charge in [-0.05, 0) is 30.0 Å². The van der Waals surface area contributed by atoms with E-state index >= 15 is 0 Å². The largest absolute Gasteiger partial charge is 0.417 e. The number of aromatic amines is 1. The summed E-state index contributed by atoms with van der Waals surface area (Å²) in [7, 11) is -3.84. The summed E-state index contributed by atoms with van der Waals surface area (Å²) in [5, 5.41) is 1.74. The van der Waals surface area contributed by atoms with Gasteiger partial charge >= 0.3 is 5.76 Å². The number of sulfonamides is 1. The van der Waals surface area contributed by atoms with Crippen molar-refractivity contribution in [2.24, 2.45) is 0 Å². The molecule has 3 aromatic carbocycles. The van der Waals surface area contributed by atoms with Crippen LogP contribution in [-0.4, -0.2) is 13.4 Å². The minimum atomic E-state index is -3.84. The predicted octanol–water partition coefficient (Wildman–Crippen LogP) is 3.38. The SMILES string of the molecule is Cc1cc2[nH]c(=O)oc2cc1S(=O)(=O)Nc1cccc2ccccc12. The summed E-state index contributed by atoms with van der Waals surface area (Å²) in [6.45, 7) is 1.67. The molecule has 0 saturated heterocycles. The number of fused-ring (bicyclic) bond motifs is 2. The van der Waals surface area contributed by atoms with Crippen molar-refractivity contribution < 1.29 is 12.8 Å². The Labute approximate surface area is 143 Å². The molecule has 126 valence electrons. The van der Waals surface area contributed by atoms with Crippen molar-refractivity contribution in [2.45, 2.75) is 11.8 Å². The van der Waals surface area contributed by atoms with Crippen LogP contribution in [-0.2, 0) is 10.0 Å². The first-order chi connectivity index (χ1) is 11.9. The molecule has 25 heavy (non-hydrogen) atoms. The molecule has 4 aromatic rings. The summed E-state index contributed by atoms with van der Waals surface area (Å²) in [6.07, 6.45) is 0. The van der Waals surface area contributed by atoms with E-state index in [1.54, 1.807) is 25.1 Å². The zero-order valence-corrected chi connectivity index (χ0v) is 14.1. The third-order valence-electron chi connectivity index (χ3n) is 4.04. The second-order valence-electron chi connectivity index (χ2n) is 5.76. The van der Waals surface area contributed by atoms with Gasteiger partial charge in [0.15, 0.2) is 5.58 Å². The van der Waals surface area contributed by atoms with Crippen molar-refractivity contribution in [3.05, 3.63) is 70.7 Å². The fraction of sp³-hybridized carbons (Fsp3) is 0.0556. The first-order valence-corrected chi connectivity index (χ1v) is 9.06. The van der Waals surface area contributed by atoms with Gasteiger partial charge in [0.05, 0.1) is 16.1 Å². The first-order valence-electron chi connectivity index (χ1n) is 7.58. The number of rotatable bonds is 3. The van der Waals surface area contributed by atoms with Gasteiger partial charge in [-0.3, -0.25) is 9.71 Å². The standard InChI is InChI=1S/C18H14N2O4S/c1-11-9-15-16(24-18(21)19-15)10-17(11)25(22,23)20-14-8-4-6-12-5-2-3-7-13(12)14/h2-10,20H,1H3,(H,19,21). The fourth-order valence-electron chi connectivity index (χ4n) is 2.89. The predicted molar refractivity (Wildman–Crippen MR) is 96.3 cm³/mol. The van der Waals surface area contributed by atoms with Gasteiger partial charge in [-0.25, -0.2) is 13.2 Å². The summed E-state index contributed by atoms with van der Waals surface area (Å²) in [6, 6.07) is 15.9. The van der Waals surface area contributed by atoms with Crippen LogP contribution in [0.5, 0.6) is 0 Å². The molecule has 0 amide bonds. The number of nitrogens with one attached hydrogen (secondary N) is 2. The van der Waals surface area contributed by atoms with Gasteiger partial charge in [0.1, 0.15) is 0 Å². The van der Waals surface area contributed by atoms with E-state index in [9.17, 15) is 13.2 Å². The van der Waals surface area contributed by atoms with Crippen molar-refractivity contribution in [2.75, 3.05) is 4.72 Å². The number of hydrogen-bond donors (Lipinski definition) is 2. The molecule has 1 aromatic heterocycles. The van der Waals surface area contributed by atoms with E-state index in [1.165, 1.54) is 6.07 Å². The smallest absolute Gasteiger partial charge is 0.408 e. The van der Waals surface area contributed by atoms with Gasteiger partial charge < -0.3 is 4.42 Å². The van der Waals surface area contributed by atoms with Crippen LogP contribution in [0.1, 0.15) is 5.56 Å². The van der Waals surface area contributed by atoms with Crippen LogP contribution in [0.25, 0.3) is 21.9 Å². The van der Waals surface area contributed by atoms with Gasteiger partial charge in [0.2, 0.25) is 0 Å². The van der Waals surface area contributed by atoms with Crippen LogP contribution < -0.4 is 10.5 Å². The molecular weight excluding hydrogens is 340 g/mol. The van der Waals surface area contributed by atoms with E-state index in [0.717, 1.165) is 10.8 Å². The van der Waals surface area contributed by atoms with Crippen molar-refractivity contribution in [1.82, 2.24) is 4.98 Å². The van der Waals surface area contributed by atoms with Crippen LogP contribution in [0.2, 0.25) is 0 Å². The zero-order valence-electron chi connectivity index (χ0n) is 13.2. The van der Waals surface area contributed by atoms with Crippen molar-refractivity contribution in [3.63, 3.8) is 0 Å². The Balaban J connectivity index is 1.84. The molecule has 4 rings (SSSR count). The molecule has 0 fully saturated rings. The van der Waals surface area contributed by atoms with Crippen LogP contribution in [0.15, 0.2) is 68.7 Å². The van der Waals surface area contributed by atoms with Gasteiger partial charge in [0.25, 0.3) is 10.0 Å². The zero-order chi connectivity index (χ0) is 17.6. The highest BCUT2D eigenvalue weighted by Gasteiger charge is 2.20. The maximum Gasteiger partial charge on any atom is 0.417 e. The Kier molecular flexibility index (Phi) is 3.40. The maximum absolute atomic E-state index is 12.9. The van der Waals surface area contributed by atoms with E-state index < -0.39 is 15.8 Å². The van der Waals surface area contributed by atoms with Gasteiger partial charge in [0, 0.05) is 11.5 Å². The summed E-state index contributed by atoms with van der Waals surface area (Å²) in [5.74, 6) is -0.619. The normalized spacial score (nSPS) is 11.9. The highest BCUT2D eigenvalue weighted by molar-refractivity contribution is 7.92. The van der Waals surface area contributed by atoms with Crippen LogP contribution >= 0.6 is 0 Å². The van der Waals surface area contributed by atoms with Crippen LogP contribution in [0, 0.1) is 6.92 Å². The average molecular weight is 354 g/mol. The van der Waals surface area contributed by atoms with Crippen molar-refractivity contribution >= 4 is 37.6 Å². The van der Waals surface area contributed by atoms with E-state index in [1.807, 2.05) is 30.3 Å². The molecule has 0 aliphatic carbocycles. The molecular formula is C18H14N2O4S. The van der Waals surface area contributed by atoms with Crippen molar-refractivity contribution in [3.8, 4) is 0 Å². The van der Waals surface area contributed by atoms with E-state index in [-0.39, 0.29) is 10.5 Å². The number of H-pyrrole nitrogens is 1. The molecule has 0 bridgehead atoms. The summed E-state index contributed by atoms with van der Waals surface area (Å²) in [5.41, 5.74) is 1.67. The lowest BCUT2D eigenvalue weighted by atomic mass is 10.1. The molecule has 7 heteroatoms. The Hall–Kier alpha value is -3.06. The topological polar surface area (TPSA) is 92.2 Å². The highest BCUT2D eigenvalue weighted by atomic mass is 32.2. The molecule has 0 aliphatic heterocycles. The lowest BCUT2D eigenvalue weighted by Gasteiger charge is -2.12. The van der Waals surface area contributed by atoms with E-state index in [4.69, 9.17) is 4.42 Å². The number of benzene rings is 3. The molecule has 0 unspecified atom stereocenters. The maximum atomic E-state index is 12.9. The second kappa shape index (κ2) is 5.49.